The Balaban J connectivity index is 1.86. The number of benzene rings is 2. The van der Waals surface area contributed by atoms with Crippen LogP contribution in [0.3, 0.4) is 0 Å². The Morgan fingerprint density at radius 3 is 2.38 bits per heavy atom. The molecule has 0 spiro atoms. The number of β-lactam (4-membered cyclic amide) rings is 1. The number of amides is 3. The number of nitrogens with one attached hydrogen (secondary N) is 1. The summed E-state index contributed by atoms with van der Waals surface area (Å²) in [7, 11) is 0. The lowest BCUT2D eigenvalue weighted by Gasteiger charge is -2.53. The average Bonchev–Trinajstić information content (AvgIpc) is 2.80. The monoisotopic (exact) mass is 437 g/mol. The van der Waals surface area contributed by atoms with Crippen molar-refractivity contribution in [2.45, 2.75) is 72.2 Å². The fourth-order valence-electron chi connectivity index (χ4n) is 4.43. The Hall–Kier alpha value is -2.86. The number of carbonyl (C=O) groups excluding carboxylic acids is 2. The van der Waals surface area contributed by atoms with Crippen LogP contribution < -0.4 is 15.8 Å². The number of rotatable bonds is 9. The van der Waals surface area contributed by atoms with Gasteiger partial charge in [-0.15, -0.1) is 0 Å². The SMILES string of the molecule is CCC[C@@H](NC(=O)N1C(=O)C(CC)(CC)[C@@H]1Oc1ccccc1CN)c1ccc(C)cc1. The first-order valence-electron chi connectivity index (χ1n) is 11.6. The summed E-state index contributed by atoms with van der Waals surface area (Å²) in [5, 5.41) is 3.08. The zero-order valence-corrected chi connectivity index (χ0v) is 19.6. The standard InChI is InChI=1S/C26H35N3O3/c1-5-10-21(19-15-13-18(4)14-16-19)28-25(31)29-23(30)26(6-2,7-3)24(29)32-22-12-9-8-11-20(22)17-27/h8-9,11-16,21,24H,5-7,10,17,27H2,1-4H3,(H,28,31)/t21-,24+/m1/s1. The molecule has 0 radical (unpaired) electrons. The van der Waals surface area contributed by atoms with Gasteiger partial charge in [-0.05, 0) is 37.8 Å². The number of nitrogens with two attached hydrogens (primary N) is 1. The van der Waals surface area contributed by atoms with Gasteiger partial charge < -0.3 is 15.8 Å². The largest absolute Gasteiger partial charge is 0.468 e. The average molecular weight is 438 g/mol. The van der Waals surface area contributed by atoms with Crippen molar-refractivity contribution >= 4 is 11.9 Å². The Morgan fingerprint density at radius 1 is 1.12 bits per heavy atom. The number of carbonyl (C=O) groups is 2. The molecular formula is C26H35N3O3. The number of hydrogen-bond donors (Lipinski definition) is 2. The maximum atomic E-state index is 13.3. The summed E-state index contributed by atoms with van der Waals surface area (Å²) in [5.74, 6) is 0.426. The number of hydrogen-bond acceptors (Lipinski definition) is 4. The molecule has 3 amide bonds. The van der Waals surface area contributed by atoms with E-state index in [2.05, 4.69) is 12.2 Å². The van der Waals surface area contributed by atoms with E-state index in [-0.39, 0.29) is 11.9 Å². The molecule has 0 aliphatic carbocycles. The molecule has 1 aliphatic rings. The van der Waals surface area contributed by atoms with Crippen LogP contribution in [0.25, 0.3) is 0 Å². The Kier molecular flexibility index (Phi) is 7.56. The molecule has 3 rings (SSSR count). The normalized spacial score (nSPS) is 18.1. The summed E-state index contributed by atoms with van der Waals surface area (Å²) in [5.41, 5.74) is 8.19. The minimum atomic E-state index is -0.719. The molecule has 0 saturated carbocycles. The molecule has 0 unspecified atom stereocenters. The second-order valence-corrected chi connectivity index (χ2v) is 8.52. The van der Waals surface area contributed by atoms with Crippen LogP contribution in [0.2, 0.25) is 0 Å². The smallest absolute Gasteiger partial charge is 0.327 e. The van der Waals surface area contributed by atoms with Gasteiger partial charge in [-0.2, -0.15) is 0 Å². The highest BCUT2D eigenvalue weighted by molar-refractivity contribution is 6.03. The number of para-hydroxylation sites is 1. The first kappa shape index (κ1) is 23.8. The fraction of sp³-hybridized carbons (Fsp3) is 0.462. The lowest BCUT2D eigenvalue weighted by molar-refractivity contribution is -0.191. The molecule has 2 aromatic carbocycles. The molecule has 2 aromatic rings. The van der Waals surface area contributed by atoms with Crippen LogP contribution in [-0.2, 0) is 11.3 Å². The lowest BCUT2D eigenvalue weighted by Crippen LogP contribution is -2.73. The fourth-order valence-corrected chi connectivity index (χ4v) is 4.43. The van der Waals surface area contributed by atoms with E-state index in [4.69, 9.17) is 10.5 Å². The molecule has 0 bridgehead atoms. The molecule has 1 saturated heterocycles. The van der Waals surface area contributed by atoms with Crippen molar-refractivity contribution in [3.8, 4) is 5.75 Å². The van der Waals surface area contributed by atoms with E-state index in [1.807, 2.05) is 69.3 Å². The van der Waals surface area contributed by atoms with Crippen LogP contribution in [0, 0.1) is 12.3 Å². The first-order valence-corrected chi connectivity index (χ1v) is 11.6. The number of urea groups is 1. The summed E-state index contributed by atoms with van der Waals surface area (Å²) < 4.78 is 6.30. The molecule has 6 heteroatoms. The molecule has 0 aromatic heterocycles. The van der Waals surface area contributed by atoms with Crippen molar-refractivity contribution in [3.05, 3.63) is 65.2 Å². The van der Waals surface area contributed by atoms with Gasteiger partial charge in [0.25, 0.3) is 0 Å². The number of aryl methyl sites for hydroxylation is 1. The van der Waals surface area contributed by atoms with Gasteiger partial charge in [-0.1, -0.05) is 75.2 Å². The van der Waals surface area contributed by atoms with Crippen LogP contribution in [-0.4, -0.2) is 23.1 Å². The van der Waals surface area contributed by atoms with Crippen molar-refractivity contribution in [1.82, 2.24) is 10.2 Å². The van der Waals surface area contributed by atoms with Crippen LogP contribution in [0.4, 0.5) is 4.79 Å². The third-order valence-electron chi connectivity index (χ3n) is 6.62. The first-order chi connectivity index (χ1) is 15.4. The number of imide groups is 1. The third-order valence-corrected chi connectivity index (χ3v) is 6.62. The molecule has 2 atom stereocenters. The maximum Gasteiger partial charge on any atom is 0.327 e. The predicted octanol–water partition coefficient (Wildman–Crippen LogP) is 5.06. The summed E-state index contributed by atoms with van der Waals surface area (Å²) in [6.07, 6.45) is 2.21. The van der Waals surface area contributed by atoms with Crippen molar-refractivity contribution in [1.29, 1.82) is 0 Å². The zero-order valence-electron chi connectivity index (χ0n) is 19.6. The van der Waals surface area contributed by atoms with E-state index in [1.54, 1.807) is 0 Å². The minimum absolute atomic E-state index is 0.170. The van der Waals surface area contributed by atoms with E-state index in [0.717, 1.165) is 29.5 Å². The van der Waals surface area contributed by atoms with Crippen molar-refractivity contribution in [2.75, 3.05) is 0 Å². The summed E-state index contributed by atoms with van der Waals surface area (Å²) in [6, 6.07) is 15.0. The summed E-state index contributed by atoms with van der Waals surface area (Å²) >= 11 is 0. The number of nitrogens with zero attached hydrogens (tertiary/aromatic N) is 1. The molecule has 32 heavy (non-hydrogen) atoms. The quantitative estimate of drug-likeness (QED) is 0.537. The minimum Gasteiger partial charge on any atom is -0.468 e. The molecule has 1 fully saturated rings. The maximum absolute atomic E-state index is 13.3. The Morgan fingerprint density at radius 2 is 1.78 bits per heavy atom. The molecule has 1 aliphatic heterocycles. The van der Waals surface area contributed by atoms with Gasteiger partial charge in [0.15, 0.2) is 6.23 Å². The van der Waals surface area contributed by atoms with Gasteiger partial charge in [-0.3, -0.25) is 4.79 Å². The highest BCUT2D eigenvalue weighted by atomic mass is 16.5. The van der Waals surface area contributed by atoms with Gasteiger partial charge in [0.1, 0.15) is 11.2 Å². The summed E-state index contributed by atoms with van der Waals surface area (Å²) in [6.45, 7) is 8.37. The molecule has 6 nitrogen and oxygen atoms in total. The van der Waals surface area contributed by atoms with Crippen LogP contribution in [0.1, 0.15) is 69.2 Å². The zero-order chi connectivity index (χ0) is 23.3. The molecule has 1 heterocycles. The van der Waals surface area contributed by atoms with Gasteiger partial charge in [-0.25, -0.2) is 9.69 Å². The van der Waals surface area contributed by atoms with Crippen LogP contribution in [0.5, 0.6) is 5.75 Å². The third kappa shape index (κ3) is 4.37. The van der Waals surface area contributed by atoms with Crippen LogP contribution in [0.15, 0.2) is 48.5 Å². The van der Waals surface area contributed by atoms with Crippen LogP contribution >= 0.6 is 0 Å². The molecule has 3 N–H and O–H groups in total. The van der Waals surface area contributed by atoms with E-state index >= 15 is 0 Å². The van der Waals surface area contributed by atoms with Gasteiger partial charge in [0, 0.05) is 12.1 Å². The van der Waals surface area contributed by atoms with Crippen molar-refractivity contribution in [3.63, 3.8) is 0 Å². The topological polar surface area (TPSA) is 84.7 Å². The highest BCUT2D eigenvalue weighted by Gasteiger charge is 2.63. The highest BCUT2D eigenvalue weighted by Crippen LogP contribution is 2.46. The second kappa shape index (κ2) is 10.2. The predicted molar refractivity (Wildman–Crippen MR) is 126 cm³/mol. The lowest BCUT2D eigenvalue weighted by atomic mass is 9.72. The van der Waals surface area contributed by atoms with Crippen molar-refractivity contribution < 1.29 is 14.3 Å². The van der Waals surface area contributed by atoms with E-state index in [0.29, 0.717) is 25.1 Å². The van der Waals surface area contributed by atoms with Gasteiger partial charge >= 0.3 is 6.03 Å². The Labute approximate surface area is 191 Å². The number of likely N-dealkylation sites (tertiary alicyclic amines) is 1. The molecular weight excluding hydrogens is 402 g/mol. The summed E-state index contributed by atoms with van der Waals surface area (Å²) in [4.78, 5) is 27.8. The second-order valence-electron chi connectivity index (χ2n) is 8.52. The van der Waals surface area contributed by atoms with E-state index in [9.17, 15) is 9.59 Å². The van der Waals surface area contributed by atoms with Gasteiger partial charge in [0.2, 0.25) is 5.91 Å². The van der Waals surface area contributed by atoms with Crippen molar-refractivity contribution in [2.24, 2.45) is 11.1 Å². The van der Waals surface area contributed by atoms with Gasteiger partial charge in [0.05, 0.1) is 6.04 Å². The van der Waals surface area contributed by atoms with E-state index in [1.165, 1.54) is 4.90 Å². The van der Waals surface area contributed by atoms with E-state index < -0.39 is 17.7 Å². The Bertz CT molecular complexity index is 938. The number of ether oxygens (including phenoxy) is 1. The molecule has 172 valence electrons.